The topological polar surface area (TPSA) is 30.5 Å². The Kier molecular flexibility index (Phi) is 9.16. The zero-order valence-electron chi connectivity index (χ0n) is 12.5. The highest BCUT2D eigenvalue weighted by Crippen LogP contribution is 2.24. The summed E-state index contributed by atoms with van der Waals surface area (Å²) in [6.07, 6.45) is 0. The van der Waals surface area contributed by atoms with Gasteiger partial charge in [0.05, 0.1) is 6.61 Å². The zero-order valence-corrected chi connectivity index (χ0v) is 15.0. The van der Waals surface area contributed by atoms with Gasteiger partial charge < -0.3 is 14.8 Å². The Bertz CT molecular complexity index is 552. The van der Waals surface area contributed by atoms with Crippen LogP contribution in [0.2, 0.25) is 0 Å². The van der Waals surface area contributed by atoms with Crippen LogP contribution in [0.15, 0.2) is 53.0 Å². The van der Waals surface area contributed by atoms with E-state index < -0.39 is 0 Å². The summed E-state index contributed by atoms with van der Waals surface area (Å²) < 4.78 is 12.0. The Hall–Kier alpha value is -1.07. The van der Waals surface area contributed by atoms with Crippen LogP contribution in [-0.2, 0) is 17.9 Å². The van der Waals surface area contributed by atoms with Crippen molar-refractivity contribution in [2.75, 3.05) is 20.3 Å². The lowest BCUT2D eigenvalue weighted by molar-refractivity contribution is 0.199. The molecule has 2 rings (SSSR count). The van der Waals surface area contributed by atoms with E-state index in [2.05, 4.69) is 39.4 Å². The van der Waals surface area contributed by atoms with Crippen molar-refractivity contribution in [2.45, 2.75) is 13.2 Å². The lowest BCUT2D eigenvalue weighted by atomic mass is 10.2. The Labute approximate surface area is 146 Å². The number of nitrogens with one attached hydrogen (secondary N) is 1. The monoisotopic (exact) mass is 385 g/mol. The SMILES string of the molecule is COCCNCc1cc(Br)ccc1OCc1ccccc1.Cl. The van der Waals surface area contributed by atoms with Crippen LogP contribution in [0.1, 0.15) is 11.1 Å². The van der Waals surface area contributed by atoms with Gasteiger partial charge in [0.15, 0.2) is 0 Å². The molecule has 2 aromatic rings. The average Bonchev–Trinajstić information content (AvgIpc) is 2.52. The van der Waals surface area contributed by atoms with Crippen LogP contribution >= 0.6 is 28.3 Å². The molecule has 0 unspecified atom stereocenters. The lowest BCUT2D eigenvalue weighted by Crippen LogP contribution is -2.19. The summed E-state index contributed by atoms with van der Waals surface area (Å²) in [6, 6.07) is 16.3. The Balaban J connectivity index is 0.00000242. The summed E-state index contributed by atoms with van der Waals surface area (Å²) >= 11 is 3.51. The molecule has 0 saturated carbocycles. The Morgan fingerprint density at radius 2 is 1.86 bits per heavy atom. The molecule has 0 aliphatic heterocycles. The van der Waals surface area contributed by atoms with Crippen molar-refractivity contribution in [2.24, 2.45) is 0 Å². The van der Waals surface area contributed by atoms with Gasteiger partial charge in [0.25, 0.3) is 0 Å². The Morgan fingerprint density at radius 1 is 1.09 bits per heavy atom. The van der Waals surface area contributed by atoms with E-state index in [1.54, 1.807) is 7.11 Å². The summed E-state index contributed by atoms with van der Waals surface area (Å²) in [5.41, 5.74) is 2.30. The molecule has 3 nitrogen and oxygen atoms in total. The molecule has 0 heterocycles. The number of ether oxygens (including phenoxy) is 2. The first-order valence-electron chi connectivity index (χ1n) is 6.94. The van der Waals surface area contributed by atoms with Crippen LogP contribution in [0.25, 0.3) is 0 Å². The minimum Gasteiger partial charge on any atom is -0.489 e. The normalized spacial score (nSPS) is 10.1. The summed E-state index contributed by atoms with van der Waals surface area (Å²) in [5.74, 6) is 0.909. The van der Waals surface area contributed by atoms with E-state index in [0.29, 0.717) is 13.2 Å². The summed E-state index contributed by atoms with van der Waals surface area (Å²) in [6.45, 7) is 2.86. The second kappa shape index (κ2) is 10.6. The maximum Gasteiger partial charge on any atom is 0.124 e. The molecular weight excluding hydrogens is 366 g/mol. The van der Waals surface area contributed by atoms with E-state index in [-0.39, 0.29) is 12.4 Å². The van der Waals surface area contributed by atoms with E-state index in [4.69, 9.17) is 9.47 Å². The predicted octanol–water partition coefficient (Wildman–Crippen LogP) is 4.19. The molecule has 0 saturated heterocycles. The van der Waals surface area contributed by atoms with Crippen molar-refractivity contribution in [1.82, 2.24) is 5.32 Å². The average molecular weight is 387 g/mol. The maximum absolute atomic E-state index is 5.94. The third kappa shape index (κ3) is 6.36. The van der Waals surface area contributed by atoms with Gasteiger partial charge in [-0.3, -0.25) is 0 Å². The number of methoxy groups -OCH3 is 1. The fourth-order valence-corrected chi connectivity index (χ4v) is 2.37. The van der Waals surface area contributed by atoms with Crippen molar-refractivity contribution < 1.29 is 9.47 Å². The van der Waals surface area contributed by atoms with E-state index in [0.717, 1.165) is 28.9 Å². The van der Waals surface area contributed by atoms with E-state index in [1.807, 2.05) is 30.3 Å². The first-order chi connectivity index (χ1) is 10.3. The molecule has 0 fully saturated rings. The van der Waals surface area contributed by atoms with Gasteiger partial charge >= 0.3 is 0 Å². The molecule has 0 radical (unpaired) electrons. The first kappa shape index (κ1) is 19.0. The third-order valence-corrected chi connectivity index (χ3v) is 3.55. The largest absolute Gasteiger partial charge is 0.489 e. The molecule has 0 aliphatic carbocycles. The van der Waals surface area contributed by atoms with Crippen LogP contribution in [0, 0.1) is 0 Å². The molecule has 0 spiro atoms. The summed E-state index contributed by atoms with van der Waals surface area (Å²) in [7, 11) is 1.70. The molecular formula is C17H21BrClNO2. The second-order valence-corrected chi connectivity index (χ2v) is 5.61. The molecule has 1 N–H and O–H groups in total. The van der Waals surface area contributed by atoms with Crippen molar-refractivity contribution in [3.63, 3.8) is 0 Å². The maximum atomic E-state index is 5.94. The van der Waals surface area contributed by atoms with Crippen LogP contribution in [0.5, 0.6) is 5.75 Å². The van der Waals surface area contributed by atoms with Gasteiger partial charge in [0, 0.05) is 30.2 Å². The van der Waals surface area contributed by atoms with Gasteiger partial charge in [-0.15, -0.1) is 12.4 Å². The van der Waals surface area contributed by atoms with Crippen LogP contribution in [-0.4, -0.2) is 20.3 Å². The molecule has 0 aliphatic rings. The van der Waals surface area contributed by atoms with Gasteiger partial charge in [-0.05, 0) is 23.8 Å². The van der Waals surface area contributed by atoms with Crippen LogP contribution in [0.4, 0.5) is 0 Å². The standard InChI is InChI=1S/C17H20BrNO2.ClH/c1-20-10-9-19-12-15-11-16(18)7-8-17(15)21-13-14-5-3-2-4-6-14;/h2-8,11,19H,9-10,12-13H2,1H3;1H. The van der Waals surface area contributed by atoms with Crippen LogP contribution < -0.4 is 10.1 Å². The van der Waals surface area contributed by atoms with Gasteiger partial charge in [-0.1, -0.05) is 46.3 Å². The van der Waals surface area contributed by atoms with Crippen LogP contribution in [0.3, 0.4) is 0 Å². The quantitative estimate of drug-likeness (QED) is 0.690. The Morgan fingerprint density at radius 3 is 2.59 bits per heavy atom. The first-order valence-corrected chi connectivity index (χ1v) is 7.73. The molecule has 5 heteroatoms. The molecule has 0 atom stereocenters. The van der Waals surface area contributed by atoms with Crippen molar-refractivity contribution in [3.8, 4) is 5.75 Å². The molecule has 22 heavy (non-hydrogen) atoms. The fraction of sp³-hybridized carbons (Fsp3) is 0.294. The van der Waals surface area contributed by atoms with Crippen molar-refractivity contribution in [3.05, 3.63) is 64.1 Å². The summed E-state index contributed by atoms with van der Waals surface area (Å²) in [5, 5.41) is 3.34. The van der Waals surface area contributed by atoms with Gasteiger partial charge in [-0.2, -0.15) is 0 Å². The highest BCUT2D eigenvalue weighted by molar-refractivity contribution is 9.10. The number of halogens is 2. The predicted molar refractivity (Wildman–Crippen MR) is 95.7 cm³/mol. The molecule has 2 aromatic carbocycles. The number of benzene rings is 2. The van der Waals surface area contributed by atoms with E-state index in [1.165, 1.54) is 5.56 Å². The van der Waals surface area contributed by atoms with Gasteiger partial charge in [-0.25, -0.2) is 0 Å². The highest BCUT2D eigenvalue weighted by Gasteiger charge is 2.05. The molecule has 120 valence electrons. The van der Waals surface area contributed by atoms with E-state index in [9.17, 15) is 0 Å². The second-order valence-electron chi connectivity index (χ2n) is 4.70. The summed E-state index contributed by atoms with van der Waals surface area (Å²) in [4.78, 5) is 0. The number of rotatable bonds is 8. The highest BCUT2D eigenvalue weighted by atomic mass is 79.9. The molecule has 0 amide bonds. The zero-order chi connectivity index (χ0) is 14.9. The molecule has 0 aromatic heterocycles. The van der Waals surface area contributed by atoms with Gasteiger partial charge in [0.1, 0.15) is 12.4 Å². The lowest BCUT2D eigenvalue weighted by Gasteiger charge is -2.13. The number of hydrogen-bond acceptors (Lipinski definition) is 3. The van der Waals surface area contributed by atoms with Crippen molar-refractivity contribution >= 4 is 28.3 Å². The number of hydrogen-bond donors (Lipinski definition) is 1. The van der Waals surface area contributed by atoms with Gasteiger partial charge in [0.2, 0.25) is 0 Å². The fourth-order valence-electron chi connectivity index (χ4n) is 1.96. The molecule has 0 bridgehead atoms. The van der Waals surface area contributed by atoms with Crippen molar-refractivity contribution in [1.29, 1.82) is 0 Å². The smallest absolute Gasteiger partial charge is 0.124 e. The third-order valence-electron chi connectivity index (χ3n) is 3.06. The minimum absolute atomic E-state index is 0. The van der Waals surface area contributed by atoms with E-state index >= 15 is 0 Å². The minimum atomic E-state index is 0.